The molecule has 34 heavy (non-hydrogen) atoms. The first-order valence-electron chi connectivity index (χ1n) is 12.1. The molecule has 5 nitrogen and oxygen atoms in total. The second-order valence-electron chi connectivity index (χ2n) is 9.43. The van der Waals surface area contributed by atoms with Gasteiger partial charge in [0.25, 0.3) is 5.91 Å². The predicted octanol–water partition coefficient (Wildman–Crippen LogP) is 4.35. The predicted molar refractivity (Wildman–Crippen MR) is 135 cm³/mol. The topological polar surface area (TPSA) is 52.7 Å². The van der Waals surface area contributed by atoms with Crippen LogP contribution in [0.5, 0.6) is 0 Å². The zero-order valence-corrected chi connectivity index (χ0v) is 19.6. The Morgan fingerprint density at radius 2 is 1.65 bits per heavy atom. The van der Waals surface area contributed by atoms with Gasteiger partial charge in [-0.2, -0.15) is 0 Å². The summed E-state index contributed by atoms with van der Waals surface area (Å²) in [5.41, 5.74) is 5.09. The Hall–Kier alpha value is -3.44. The van der Waals surface area contributed by atoms with E-state index in [1.807, 2.05) is 78.6 Å². The minimum Gasteiger partial charge on any atom is -0.354 e. The Balaban J connectivity index is 1.29. The van der Waals surface area contributed by atoms with Gasteiger partial charge in [0.15, 0.2) is 0 Å². The Morgan fingerprint density at radius 3 is 2.44 bits per heavy atom. The molecule has 2 aliphatic heterocycles. The maximum Gasteiger partial charge on any atom is 0.258 e. The number of nitrogens with one attached hydrogen (secondary N) is 1. The number of rotatable bonds is 5. The van der Waals surface area contributed by atoms with Crippen LogP contribution < -0.4 is 10.2 Å². The van der Waals surface area contributed by atoms with E-state index in [4.69, 9.17) is 0 Å². The smallest absolute Gasteiger partial charge is 0.258 e. The minimum atomic E-state index is 0.0461. The van der Waals surface area contributed by atoms with Gasteiger partial charge in [-0.05, 0) is 49.1 Å². The summed E-state index contributed by atoms with van der Waals surface area (Å²) in [5, 5.41) is 3.16. The van der Waals surface area contributed by atoms with Crippen molar-refractivity contribution in [3.05, 3.63) is 101 Å². The number of benzene rings is 3. The molecular weight excluding hydrogens is 422 g/mol. The highest BCUT2D eigenvalue weighted by atomic mass is 16.2. The van der Waals surface area contributed by atoms with Gasteiger partial charge >= 0.3 is 0 Å². The lowest BCUT2D eigenvalue weighted by molar-refractivity contribution is -0.120. The van der Waals surface area contributed by atoms with Crippen molar-refractivity contribution in [2.24, 2.45) is 0 Å². The third-order valence-corrected chi connectivity index (χ3v) is 7.09. The van der Waals surface area contributed by atoms with Gasteiger partial charge in [-0.3, -0.25) is 14.5 Å². The number of fused-ring (bicyclic) bond motifs is 2. The number of aryl methyl sites for hydroxylation is 1. The van der Waals surface area contributed by atoms with Crippen molar-refractivity contribution in [1.82, 2.24) is 10.2 Å². The number of nitrogens with zero attached hydrogens (tertiary/aromatic N) is 2. The summed E-state index contributed by atoms with van der Waals surface area (Å²) < 4.78 is 0. The summed E-state index contributed by atoms with van der Waals surface area (Å²) in [6.07, 6.45) is 2.44. The quantitative estimate of drug-likeness (QED) is 0.625. The highest BCUT2D eigenvalue weighted by Crippen LogP contribution is 2.35. The highest BCUT2D eigenvalue weighted by Gasteiger charge is 2.38. The summed E-state index contributed by atoms with van der Waals surface area (Å²) in [7, 11) is 0. The van der Waals surface area contributed by atoms with E-state index in [1.54, 1.807) is 0 Å². The van der Waals surface area contributed by atoms with Crippen LogP contribution in [0.25, 0.3) is 0 Å². The molecule has 1 fully saturated rings. The number of amides is 2. The zero-order chi connectivity index (χ0) is 23.5. The van der Waals surface area contributed by atoms with E-state index in [-0.39, 0.29) is 23.9 Å². The second kappa shape index (κ2) is 9.82. The van der Waals surface area contributed by atoms with E-state index >= 15 is 0 Å². The van der Waals surface area contributed by atoms with Crippen LogP contribution >= 0.6 is 0 Å². The van der Waals surface area contributed by atoms with Crippen LogP contribution in [0.15, 0.2) is 78.9 Å². The van der Waals surface area contributed by atoms with Gasteiger partial charge in [0.2, 0.25) is 5.91 Å². The fraction of sp³-hybridized carbons (Fsp3) is 0.310. The second-order valence-corrected chi connectivity index (χ2v) is 9.43. The standard InChI is InChI=1S/C29H31N3O2/c1-21-11-13-22(14-12-21)17-28(33)30-18-25-15-16-26-20-32(29(34)23-7-3-2-4-8-23)27-10-6-5-9-24(27)19-31(25)26/h2-14,25-26H,15-20H2,1H3,(H,30,33)/t25-,26+/m0/s1. The van der Waals surface area contributed by atoms with Gasteiger partial charge in [-0.1, -0.05) is 66.2 Å². The van der Waals surface area contributed by atoms with Crippen molar-refractivity contribution >= 4 is 17.5 Å². The number of carbonyl (C=O) groups excluding carboxylic acids is 2. The van der Waals surface area contributed by atoms with Gasteiger partial charge in [0, 0.05) is 43.0 Å². The first kappa shape index (κ1) is 22.4. The van der Waals surface area contributed by atoms with E-state index in [9.17, 15) is 9.59 Å². The summed E-state index contributed by atoms with van der Waals surface area (Å²) >= 11 is 0. The van der Waals surface area contributed by atoms with Gasteiger partial charge in [0.1, 0.15) is 0 Å². The maximum absolute atomic E-state index is 13.4. The molecule has 0 saturated carbocycles. The molecule has 0 spiro atoms. The lowest BCUT2D eigenvalue weighted by atomic mass is 10.1. The van der Waals surface area contributed by atoms with Gasteiger partial charge in [-0.15, -0.1) is 0 Å². The molecule has 3 aromatic rings. The molecule has 5 heteroatoms. The Morgan fingerprint density at radius 1 is 0.912 bits per heavy atom. The summed E-state index contributed by atoms with van der Waals surface area (Å²) in [4.78, 5) is 30.5. The molecule has 3 aromatic carbocycles. The van der Waals surface area contributed by atoms with Crippen molar-refractivity contribution in [3.8, 4) is 0 Å². The SMILES string of the molecule is Cc1ccc(CC(=O)NC[C@@H]2CC[C@@H]3CN(C(=O)c4ccccc4)c4ccccc4CN32)cc1. The van der Waals surface area contributed by atoms with Crippen LogP contribution in [-0.4, -0.2) is 41.9 Å². The van der Waals surface area contributed by atoms with Crippen LogP contribution in [0.4, 0.5) is 5.69 Å². The van der Waals surface area contributed by atoms with Gasteiger partial charge in [-0.25, -0.2) is 0 Å². The van der Waals surface area contributed by atoms with Gasteiger partial charge < -0.3 is 10.2 Å². The fourth-order valence-corrected chi connectivity index (χ4v) is 5.22. The van der Waals surface area contributed by atoms with Crippen LogP contribution in [0.2, 0.25) is 0 Å². The molecular formula is C29H31N3O2. The summed E-state index contributed by atoms with van der Waals surface area (Å²) in [5.74, 6) is 0.105. The third-order valence-electron chi connectivity index (χ3n) is 7.09. The molecule has 0 unspecified atom stereocenters. The van der Waals surface area contributed by atoms with Crippen LogP contribution in [-0.2, 0) is 17.8 Å². The molecule has 2 atom stereocenters. The molecule has 0 aromatic heterocycles. The molecule has 2 amide bonds. The van der Waals surface area contributed by atoms with Crippen molar-refractivity contribution in [3.63, 3.8) is 0 Å². The molecule has 0 radical (unpaired) electrons. The molecule has 0 bridgehead atoms. The third kappa shape index (κ3) is 4.75. The molecule has 1 saturated heterocycles. The van der Waals surface area contributed by atoms with Gasteiger partial charge in [0.05, 0.1) is 6.42 Å². The number of carbonyl (C=O) groups is 2. The average Bonchev–Trinajstić information content (AvgIpc) is 3.15. The van der Waals surface area contributed by atoms with Crippen molar-refractivity contribution < 1.29 is 9.59 Å². The molecule has 0 aliphatic carbocycles. The lowest BCUT2D eigenvalue weighted by Crippen LogP contribution is -2.46. The minimum absolute atomic E-state index is 0.0461. The van der Waals surface area contributed by atoms with E-state index in [1.165, 1.54) is 5.56 Å². The Labute approximate surface area is 201 Å². The first-order chi connectivity index (χ1) is 16.6. The number of anilines is 1. The highest BCUT2D eigenvalue weighted by molar-refractivity contribution is 6.06. The van der Waals surface area contributed by atoms with Crippen molar-refractivity contribution in [2.75, 3.05) is 18.0 Å². The van der Waals surface area contributed by atoms with Crippen LogP contribution in [0.3, 0.4) is 0 Å². The molecule has 2 heterocycles. The van der Waals surface area contributed by atoms with Crippen LogP contribution in [0.1, 0.15) is 39.9 Å². The summed E-state index contributed by atoms with van der Waals surface area (Å²) in [6.45, 7) is 4.14. The Kier molecular flexibility index (Phi) is 6.45. The van der Waals surface area contributed by atoms with E-state index < -0.39 is 0 Å². The number of para-hydroxylation sites is 1. The molecule has 5 rings (SSSR count). The van der Waals surface area contributed by atoms with Crippen LogP contribution in [0, 0.1) is 6.92 Å². The normalized spacial score (nSPS) is 19.7. The maximum atomic E-state index is 13.4. The first-order valence-corrected chi connectivity index (χ1v) is 12.1. The zero-order valence-electron chi connectivity index (χ0n) is 19.6. The average molecular weight is 454 g/mol. The molecule has 174 valence electrons. The number of hydrogen-bond donors (Lipinski definition) is 1. The van der Waals surface area contributed by atoms with E-state index in [2.05, 4.69) is 22.3 Å². The number of hydrogen-bond acceptors (Lipinski definition) is 3. The van der Waals surface area contributed by atoms with Crippen molar-refractivity contribution in [1.29, 1.82) is 0 Å². The molecule has 2 aliphatic rings. The molecule has 1 N–H and O–H groups in total. The lowest BCUT2D eigenvalue weighted by Gasteiger charge is -2.29. The van der Waals surface area contributed by atoms with Crippen molar-refractivity contribution in [2.45, 2.75) is 44.8 Å². The van der Waals surface area contributed by atoms with E-state index in [0.29, 0.717) is 25.1 Å². The van der Waals surface area contributed by atoms with E-state index in [0.717, 1.165) is 36.2 Å². The summed E-state index contributed by atoms with van der Waals surface area (Å²) in [6, 6.07) is 26.4. The fourth-order valence-electron chi connectivity index (χ4n) is 5.22. The largest absolute Gasteiger partial charge is 0.354 e. The monoisotopic (exact) mass is 453 g/mol. The Bertz CT molecular complexity index is 1160.